The summed E-state index contributed by atoms with van der Waals surface area (Å²) in [4.78, 5) is 31.7. The molecule has 2 aromatic heterocycles. The van der Waals surface area contributed by atoms with Crippen molar-refractivity contribution >= 4 is 34.4 Å². The number of amides is 1. The topological polar surface area (TPSA) is 92.7 Å². The predicted octanol–water partition coefficient (Wildman–Crippen LogP) is 3.15. The second kappa shape index (κ2) is 7.69. The van der Waals surface area contributed by atoms with Crippen molar-refractivity contribution in [1.29, 1.82) is 0 Å². The van der Waals surface area contributed by atoms with Gasteiger partial charge in [0.05, 0.1) is 17.6 Å². The number of aromatic amines is 1. The van der Waals surface area contributed by atoms with Crippen molar-refractivity contribution in [2.45, 2.75) is 12.1 Å². The van der Waals surface area contributed by atoms with Crippen LogP contribution in [0.5, 0.6) is 0 Å². The van der Waals surface area contributed by atoms with Crippen LogP contribution in [0.4, 0.5) is 5.69 Å². The molecule has 2 aromatic carbocycles. The van der Waals surface area contributed by atoms with Crippen LogP contribution in [0.3, 0.4) is 0 Å². The van der Waals surface area contributed by atoms with Crippen LogP contribution in [0.15, 0.2) is 70.7 Å². The number of fused-ring (bicyclic) bond motifs is 1. The first-order valence-corrected chi connectivity index (χ1v) is 9.61. The van der Waals surface area contributed by atoms with Gasteiger partial charge in [0.15, 0.2) is 10.8 Å². The van der Waals surface area contributed by atoms with Crippen LogP contribution < -0.4 is 10.9 Å². The molecule has 4 aromatic rings. The zero-order valence-electron chi connectivity index (χ0n) is 15.0. The van der Waals surface area contributed by atoms with E-state index in [0.29, 0.717) is 16.2 Å². The Morgan fingerprint density at radius 2 is 2.00 bits per heavy atom. The summed E-state index contributed by atoms with van der Waals surface area (Å²) in [5.41, 5.74) is 2.81. The van der Waals surface area contributed by atoms with E-state index in [4.69, 9.17) is 0 Å². The lowest BCUT2D eigenvalue weighted by Crippen LogP contribution is -2.15. The number of H-pyrrole nitrogens is 1. The third kappa shape index (κ3) is 3.81. The number of carbonyl (C=O) groups excluding carboxylic acids is 1. The number of rotatable bonds is 5. The van der Waals surface area contributed by atoms with E-state index in [1.54, 1.807) is 4.68 Å². The number of nitrogens with zero attached hydrogens (tertiary/aromatic N) is 3. The van der Waals surface area contributed by atoms with E-state index in [1.807, 2.05) is 61.5 Å². The number of aryl methyl sites for hydroxylation is 1. The van der Waals surface area contributed by atoms with Crippen LogP contribution in [0.2, 0.25) is 0 Å². The number of para-hydroxylation sites is 1. The number of carbonyl (C=O) groups is 1. The van der Waals surface area contributed by atoms with E-state index in [2.05, 4.69) is 20.4 Å². The third-order valence-electron chi connectivity index (χ3n) is 4.06. The molecule has 0 spiro atoms. The van der Waals surface area contributed by atoms with Gasteiger partial charge in [0, 0.05) is 5.69 Å². The molecule has 0 bridgehead atoms. The summed E-state index contributed by atoms with van der Waals surface area (Å²) < 4.78 is 1.63. The highest BCUT2D eigenvalue weighted by Gasteiger charge is 2.13. The van der Waals surface area contributed by atoms with E-state index in [9.17, 15) is 9.59 Å². The lowest BCUT2D eigenvalue weighted by molar-refractivity contribution is -0.113. The van der Waals surface area contributed by atoms with Gasteiger partial charge in [-0.25, -0.2) is 9.67 Å². The molecule has 1 amide bonds. The van der Waals surface area contributed by atoms with Crippen molar-refractivity contribution in [3.63, 3.8) is 0 Å². The summed E-state index contributed by atoms with van der Waals surface area (Å²) in [5, 5.41) is 7.88. The Balaban J connectivity index is 1.57. The summed E-state index contributed by atoms with van der Waals surface area (Å²) in [7, 11) is 0. The Morgan fingerprint density at radius 1 is 1.18 bits per heavy atom. The fourth-order valence-corrected chi connectivity index (χ4v) is 3.42. The van der Waals surface area contributed by atoms with E-state index in [0.717, 1.165) is 16.9 Å². The summed E-state index contributed by atoms with van der Waals surface area (Å²) >= 11 is 1.17. The van der Waals surface area contributed by atoms with Gasteiger partial charge in [-0.1, -0.05) is 42.1 Å². The molecule has 0 fully saturated rings. The average Bonchev–Trinajstić information content (AvgIpc) is 3.12. The van der Waals surface area contributed by atoms with Crippen LogP contribution in [0.1, 0.15) is 5.56 Å². The smallest absolute Gasteiger partial charge is 0.262 e. The fraction of sp³-hybridized carbons (Fsp3) is 0.100. The maximum Gasteiger partial charge on any atom is 0.262 e. The standard InChI is InChI=1S/C20H17N5O2S/c1-13-6-5-9-15(10-13)25-18-16(11-21-25)19(27)24-20(23-18)28-12-17(26)22-14-7-3-2-4-8-14/h2-11H,12H2,1H3,(H,22,26)(H,23,24,27). The highest BCUT2D eigenvalue weighted by molar-refractivity contribution is 7.99. The molecule has 2 N–H and O–H groups in total. The summed E-state index contributed by atoms with van der Waals surface area (Å²) in [6.07, 6.45) is 1.50. The molecular weight excluding hydrogens is 374 g/mol. The quantitative estimate of drug-likeness (QED) is 0.403. The maximum atomic E-state index is 12.4. The highest BCUT2D eigenvalue weighted by Crippen LogP contribution is 2.18. The van der Waals surface area contributed by atoms with Crippen molar-refractivity contribution in [3.05, 3.63) is 76.7 Å². The second-order valence-electron chi connectivity index (χ2n) is 6.21. The van der Waals surface area contributed by atoms with E-state index >= 15 is 0 Å². The van der Waals surface area contributed by atoms with Gasteiger partial charge < -0.3 is 10.3 Å². The second-order valence-corrected chi connectivity index (χ2v) is 7.17. The zero-order chi connectivity index (χ0) is 19.5. The van der Waals surface area contributed by atoms with Gasteiger partial charge in [-0.05, 0) is 36.8 Å². The first kappa shape index (κ1) is 18.0. The first-order chi connectivity index (χ1) is 13.6. The molecule has 140 valence electrons. The highest BCUT2D eigenvalue weighted by atomic mass is 32.2. The lowest BCUT2D eigenvalue weighted by atomic mass is 10.2. The maximum absolute atomic E-state index is 12.4. The van der Waals surface area contributed by atoms with E-state index in [-0.39, 0.29) is 17.2 Å². The SMILES string of the molecule is Cc1cccc(-n2ncc3c(=O)[nH]c(SCC(=O)Nc4ccccc4)nc32)c1. The van der Waals surface area contributed by atoms with Crippen molar-refractivity contribution < 1.29 is 4.79 Å². The molecule has 0 unspecified atom stereocenters. The number of nitrogens with one attached hydrogen (secondary N) is 2. The number of thioether (sulfide) groups is 1. The van der Waals surface area contributed by atoms with Crippen LogP contribution in [0, 0.1) is 6.92 Å². The van der Waals surface area contributed by atoms with E-state index in [1.165, 1.54) is 18.0 Å². The van der Waals surface area contributed by atoms with Crippen LogP contribution >= 0.6 is 11.8 Å². The molecule has 28 heavy (non-hydrogen) atoms. The van der Waals surface area contributed by atoms with Crippen LogP contribution in [-0.2, 0) is 4.79 Å². The van der Waals surface area contributed by atoms with Crippen LogP contribution in [0.25, 0.3) is 16.7 Å². The van der Waals surface area contributed by atoms with Gasteiger partial charge >= 0.3 is 0 Å². The minimum atomic E-state index is -0.283. The van der Waals surface area contributed by atoms with Gasteiger partial charge in [0.25, 0.3) is 5.56 Å². The van der Waals surface area contributed by atoms with Gasteiger partial charge in [-0.2, -0.15) is 5.10 Å². The molecule has 2 heterocycles. The Bertz CT molecular complexity index is 1200. The summed E-state index contributed by atoms with van der Waals surface area (Å²) in [5.74, 6) is -0.0480. The number of benzene rings is 2. The lowest BCUT2D eigenvalue weighted by Gasteiger charge is -2.06. The molecule has 0 saturated carbocycles. The molecule has 7 nitrogen and oxygen atoms in total. The largest absolute Gasteiger partial charge is 0.325 e. The number of aromatic nitrogens is 4. The molecular formula is C20H17N5O2S. The number of hydrogen-bond donors (Lipinski definition) is 2. The van der Waals surface area contributed by atoms with Gasteiger partial charge in [0.1, 0.15) is 5.39 Å². The van der Waals surface area contributed by atoms with E-state index < -0.39 is 0 Å². The molecule has 0 saturated heterocycles. The fourth-order valence-electron chi connectivity index (χ4n) is 2.77. The number of hydrogen-bond acceptors (Lipinski definition) is 5. The van der Waals surface area contributed by atoms with Crippen molar-refractivity contribution in [1.82, 2.24) is 19.7 Å². The molecule has 0 radical (unpaired) electrons. The monoisotopic (exact) mass is 391 g/mol. The van der Waals surface area contributed by atoms with Gasteiger partial charge in [0.2, 0.25) is 5.91 Å². The molecule has 4 rings (SSSR count). The Labute approximate surface area is 164 Å². The predicted molar refractivity (Wildman–Crippen MR) is 110 cm³/mol. The van der Waals surface area contributed by atoms with Gasteiger partial charge in [-0.3, -0.25) is 9.59 Å². The van der Waals surface area contributed by atoms with Crippen molar-refractivity contribution in [2.75, 3.05) is 11.1 Å². The first-order valence-electron chi connectivity index (χ1n) is 8.63. The minimum Gasteiger partial charge on any atom is -0.325 e. The molecule has 0 aliphatic heterocycles. The Morgan fingerprint density at radius 3 is 2.79 bits per heavy atom. The Kier molecular flexibility index (Phi) is 4.94. The molecule has 0 atom stereocenters. The van der Waals surface area contributed by atoms with Crippen LogP contribution in [-0.4, -0.2) is 31.4 Å². The minimum absolute atomic E-state index is 0.127. The molecule has 0 aliphatic carbocycles. The third-order valence-corrected chi connectivity index (χ3v) is 4.93. The average molecular weight is 391 g/mol. The van der Waals surface area contributed by atoms with Crippen molar-refractivity contribution in [2.24, 2.45) is 0 Å². The molecule has 0 aliphatic rings. The zero-order valence-corrected chi connectivity index (χ0v) is 15.9. The van der Waals surface area contributed by atoms with Crippen molar-refractivity contribution in [3.8, 4) is 5.69 Å². The van der Waals surface area contributed by atoms with Gasteiger partial charge in [-0.15, -0.1) is 0 Å². The molecule has 8 heteroatoms. The summed E-state index contributed by atoms with van der Waals surface area (Å²) in [6, 6.07) is 17.0. The normalized spacial score (nSPS) is 10.9. The summed E-state index contributed by atoms with van der Waals surface area (Å²) in [6.45, 7) is 1.99. The number of anilines is 1. The Hall–Kier alpha value is -3.39.